The van der Waals surface area contributed by atoms with E-state index in [1.54, 1.807) is 13.8 Å². The van der Waals surface area contributed by atoms with E-state index in [0.29, 0.717) is 39.5 Å². The summed E-state index contributed by atoms with van der Waals surface area (Å²) < 4.78 is 15.1. The summed E-state index contributed by atoms with van der Waals surface area (Å²) in [7, 11) is 0. The highest BCUT2D eigenvalue weighted by Crippen LogP contribution is 2.11. The Hall–Kier alpha value is -1.14. The zero-order valence-corrected chi connectivity index (χ0v) is 11.0. The van der Waals surface area contributed by atoms with Crippen molar-refractivity contribution in [2.45, 2.75) is 26.3 Å². The van der Waals surface area contributed by atoms with Gasteiger partial charge in [0.15, 0.2) is 0 Å². The second kappa shape index (κ2) is 8.05. The Labute approximate surface area is 107 Å². The highest BCUT2D eigenvalue weighted by atomic mass is 16.5. The van der Waals surface area contributed by atoms with Crippen LogP contribution in [0.4, 0.5) is 0 Å². The molecule has 0 unspecified atom stereocenters. The molecule has 0 aromatic rings. The Kier molecular flexibility index (Phi) is 6.67. The van der Waals surface area contributed by atoms with Crippen molar-refractivity contribution in [1.82, 2.24) is 4.90 Å². The second-order valence-corrected chi connectivity index (χ2v) is 3.93. The van der Waals surface area contributed by atoms with Crippen LogP contribution >= 0.6 is 0 Å². The maximum Gasteiger partial charge on any atom is 0.323 e. The molecule has 0 spiro atoms. The summed E-state index contributed by atoms with van der Waals surface area (Å²) in [5, 5.41) is 0. The molecule has 0 saturated carbocycles. The van der Waals surface area contributed by atoms with Crippen LogP contribution in [0.2, 0.25) is 0 Å². The quantitative estimate of drug-likeness (QED) is 0.635. The van der Waals surface area contributed by atoms with Crippen molar-refractivity contribution in [2.24, 2.45) is 0 Å². The number of esters is 2. The van der Waals surface area contributed by atoms with Crippen LogP contribution in [-0.4, -0.2) is 62.4 Å². The molecule has 0 aromatic heterocycles. The van der Waals surface area contributed by atoms with Crippen molar-refractivity contribution in [3.63, 3.8) is 0 Å². The first-order chi connectivity index (χ1) is 8.69. The van der Waals surface area contributed by atoms with Gasteiger partial charge in [0.05, 0.1) is 32.8 Å². The number of carbonyl (C=O) groups is 2. The van der Waals surface area contributed by atoms with Gasteiger partial charge in [0.1, 0.15) is 6.04 Å². The lowest BCUT2D eigenvalue weighted by atomic mass is 10.1. The first-order valence-electron chi connectivity index (χ1n) is 6.33. The third-order valence-corrected chi connectivity index (χ3v) is 2.71. The molecule has 6 heteroatoms. The van der Waals surface area contributed by atoms with Crippen LogP contribution in [-0.2, 0) is 23.8 Å². The summed E-state index contributed by atoms with van der Waals surface area (Å²) >= 11 is 0. The summed E-state index contributed by atoms with van der Waals surface area (Å²) in [5.74, 6) is -0.741. The van der Waals surface area contributed by atoms with Crippen molar-refractivity contribution in [3.8, 4) is 0 Å². The van der Waals surface area contributed by atoms with Gasteiger partial charge in [-0.15, -0.1) is 0 Å². The Balaban J connectivity index is 2.61. The number of hydrogen-bond donors (Lipinski definition) is 0. The van der Waals surface area contributed by atoms with Crippen molar-refractivity contribution >= 4 is 11.9 Å². The van der Waals surface area contributed by atoms with Gasteiger partial charge in [-0.2, -0.15) is 0 Å². The molecule has 1 atom stereocenters. The fourth-order valence-corrected chi connectivity index (χ4v) is 1.87. The summed E-state index contributed by atoms with van der Waals surface area (Å²) in [6.45, 7) is 6.51. The number of nitrogens with zero attached hydrogens (tertiary/aromatic N) is 1. The van der Waals surface area contributed by atoms with Gasteiger partial charge in [-0.1, -0.05) is 0 Å². The molecule has 104 valence electrons. The second-order valence-electron chi connectivity index (χ2n) is 3.93. The van der Waals surface area contributed by atoms with Gasteiger partial charge in [-0.3, -0.25) is 14.5 Å². The van der Waals surface area contributed by atoms with Gasteiger partial charge >= 0.3 is 11.9 Å². The zero-order valence-electron chi connectivity index (χ0n) is 11.0. The average Bonchev–Trinajstić information content (AvgIpc) is 2.37. The van der Waals surface area contributed by atoms with Gasteiger partial charge in [0, 0.05) is 13.1 Å². The molecule has 0 radical (unpaired) electrons. The van der Waals surface area contributed by atoms with Crippen LogP contribution in [0.5, 0.6) is 0 Å². The Morgan fingerprint density at radius 1 is 1.17 bits per heavy atom. The van der Waals surface area contributed by atoms with E-state index >= 15 is 0 Å². The molecule has 0 aromatic carbocycles. The Morgan fingerprint density at radius 2 is 1.78 bits per heavy atom. The Morgan fingerprint density at radius 3 is 2.33 bits per heavy atom. The molecule has 1 aliphatic heterocycles. The minimum Gasteiger partial charge on any atom is -0.466 e. The monoisotopic (exact) mass is 259 g/mol. The van der Waals surface area contributed by atoms with Gasteiger partial charge < -0.3 is 14.2 Å². The fourth-order valence-electron chi connectivity index (χ4n) is 1.87. The van der Waals surface area contributed by atoms with Crippen molar-refractivity contribution in [2.75, 3.05) is 39.5 Å². The van der Waals surface area contributed by atoms with Crippen molar-refractivity contribution in [3.05, 3.63) is 0 Å². The summed E-state index contributed by atoms with van der Waals surface area (Å²) in [6.07, 6.45) is 0.0344. The first kappa shape index (κ1) is 14.9. The lowest BCUT2D eigenvalue weighted by Crippen LogP contribution is -2.49. The maximum absolute atomic E-state index is 11.9. The van der Waals surface area contributed by atoms with Crippen LogP contribution in [0.15, 0.2) is 0 Å². The third-order valence-electron chi connectivity index (χ3n) is 2.71. The van der Waals surface area contributed by atoms with Crippen molar-refractivity contribution in [1.29, 1.82) is 0 Å². The molecule has 1 aliphatic rings. The molecular formula is C12H21NO5. The smallest absolute Gasteiger partial charge is 0.323 e. The van der Waals surface area contributed by atoms with E-state index in [4.69, 9.17) is 14.2 Å². The number of hydrogen-bond acceptors (Lipinski definition) is 6. The molecule has 0 N–H and O–H groups in total. The molecule has 0 aliphatic carbocycles. The van der Waals surface area contributed by atoms with E-state index in [-0.39, 0.29) is 18.4 Å². The van der Waals surface area contributed by atoms with Crippen LogP contribution in [0.25, 0.3) is 0 Å². The van der Waals surface area contributed by atoms with Gasteiger partial charge in [-0.05, 0) is 13.8 Å². The molecule has 0 amide bonds. The lowest BCUT2D eigenvalue weighted by molar-refractivity contribution is -0.158. The molecule has 1 saturated heterocycles. The highest BCUT2D eigenvalue weighted by molar-refractivity contribution is 5.82. The fraction of sp³-hybridized carbons (Fsp3) is 0.833. The largest absolute Gasteiger partial charge is 0.466 e. The van der Waals surface area contributed by atoms with E-state index in [2.05, 4.69) is 0 Å². The molecule has 6 nitrogen and oxygen atoms in total. The molecule has 18 heavy (non-hydrogen) atoms. The van der Waals surface area contributed by atoms with Crippen LogP contribution in [0.1, 0.15) is 20.3 Å². The predicted molar refractivity (Wildman–Crippen MR) is 64.1 cm³/mol. The zero-order chi connectivity index (χ0) is 13.4. The molecule has 1 heterocycles. The van der Waals surface area contributed by atoms with E-state index < -0.39 is 6.04 Å². The minimum absolute atomic E-state index is 0.0344. The van der Waals surface area contributed by atoms with E-state index in [1.165, 1.54) is 0 Å². The standard InChI is InChI=1S/C12H21NO5/c1-3-17-11(14)9-10(12(15)18-4-2)13-5-7-16-8-6-13/h10H,3-9H2,1-2H3/t10-/m1/s1. The van der Waals surface area contributed by atoms with E-state index in [0.717, 1.165) is 0 Å². The summed E-state index contributed by atoms with van der Waals surface area (Å²) in [6, 6.07) is -0.562. The number of ether oxygens (including phenoxy) is 3. The SMILES string of the molecule is CCOC(=O)C[C@H](C(=O)OCC)N1CCOCC1. The molecular weight excluding hydrogens is 238 g/mol. The number of carbonyl (C=O) groups excluding carboxylic acids is 2. The van der Waals surface area contributed by atoms with Crippen molar-refractivity contribution < 1.29 is 23.8 Å². The van der Waals surface area contributed by atoms with Crippen LogP contribution < -0.4 is 0 Å². The Bertz CT molecular complexity index is 276. The maximum atomic E-state index is 11.9. The first-order valence-corrected chi connectivity index (χ1v) is 6.33. The summed E-state index contributed by atoms with van der Waals surface area (Å²) in [4.78, 5) is 25.3. The lowest BCUT2D eigenvalue weighted by Gasteiger charge is -2.32. The van der Waals surface area contributed by atoms with Gasteiger partial charge in [-0.25, -0.2) is 0 Å². The summed E-state index contributed by atoms with van der Waals surface area (Å²) in [5.41, 5.74) is 0. The minimum atomic E-state index is -0.562. The number of morpholine rings is 1. The molecule has 1 rings (SSSR count). The number of rotatable bonds is 6. The molecule has 1 fully saturated rings. The van der Waals surface area contributed by atoms with Crippen LogP contribution in [0.3, 0.4) is 0 Å². The van der Waals surface area contributed by atoms with Crippen LogP contribution in [0, 0.1) is 0 Å². The van der Waals surface area contributed by atoms with Gasteiger partial charge in [0.25, 0.3) is 0 Å². The topological polar surface area (TPSA) is 65.1 Å². The highest BCUT2D eigenvalue weighted by Gasteiger charge is 2.31. The normalized spacial score (nSPS) is 18.1. The van der Waals surface area contributed by atoms with E-state index in [1.807, 2.05) is 4.90 Å². The van der Waals surface area contributed by atoms with Gasteiger partial charge in [0.2, 0.25) is 0 Å². The predicted octanol–water partition coefficient (Wildman–Crippen LogP) is 0.204. The third kappa shape index (κ3) is 4.62. The average molecular weight is 259 g/mol. The molecule has 0 bridgehead atoms. The van der Waals surface area contributed by atoms with E-state index in [9.17, 15) is 9.59 Å².